The number of hydrogen-bond acceptors (Lipinski definition) is 4. The fourth-order valence-corrected chi connectivity index (χ4v) is 2.21. The summed E-state index contributed by atoms with van der Waals surface area (Å²) in [4.78, 5) is 23.9. The average Bonchev–Trinajstić information content (AvgIpc) is 2.60. The van der Waals surface area contributed by atoms with Crippen molar-refractivity contribution >= 4 is 11.8 Å². The lowest BCUT2D eigenvalue weighted by Crippen LogP contribution is -2.42. The molecule has 0 radical (unpaired) electrons. The molecule has 0 spiro atoms. The number of amides is 2. The van der Waals surface area contributed by atoms with Crippen LogP contribution in [-0.2, 0) is 11.2 Å². The topological polar surface area (TPSA) is 76.7 Å². The van der Waals surface area contributed by atoms with Crippen LogP contribution in [0.5, 0.6) is 11.5 Å². The highest BCUT2D eigenvalue weighted by atomic mass is 16.6. The second kappa shape index (κ2) is 6.83. The van der Waals surface area contributed by atoms with Crippen LogP contribution in [0.15, 0.2) is 48.5 Å². The number of nitrogens with one attached hydrogen (secondary N) is 2. The van der Waals surface area contributed by atoms with Crippen molar-refractivity contribution in [3.63, 3.8) is 0 Å². The third kappa shape index (κ3) is 3.79. The van der Waals surface area contributed by atoms with Crippen molar-refractivity contribution in [3.8, 4) is 11.5 Å². The Balaban J connectivity index is 1.56. The monoisotopic (exact) mass is 312 g/mol. The molecule has 2 N–H and O–H groups in total. The summed E-state index contributed by atoms with van der Waals surface area (Å²) in [5.41, 5.74) is 6.05. The molecule has 0 atom stereocenters. The molecule has 6 nitrogen and oxygen atoms in total. The number of benzene rings is 2. The third-order valence-electron chi connectivity index (χ3n) is 3.33. The molecule has 2 aromatic rings. The summed E-state index contributed by atoms with van der Waals surface area (Å²) < 4.78 is 10.8. The first kappa shape index (κ1) is 14.9. The lowest BCUT2D eigenvalue weighted by atomic mass is 10.1. The molecule has 0 saturated heterocycles. The molecule has 2 aromatic carbocycles. The number of rotatable bonds is 3. The van der Waals surface area contributed by atoms with Gasteiger partial charge in [0.1, 0.15) is 13.2 Å². The molecule has 3 rings (SSSR count). The van der Waals surface area contributed by atoms with Gasteiger partial charge in [-0.2, -0.15) is 0 Å². The molecular weight excluding hydrogens is 296 g/mol. The van der Waals surface area contributed by atoms with E-state index in [1.807, 2.05) is 30.3 Å². The van der Waals surface area contributed by atoms with Gasteiger partial charge in [0.2, 0.25) is 5.91 Å². The highest BCUT2D eigenvalue weighted by Gasteiger charge is 2.15. The highest BCUT2D eigenvalue weighted by Crippen LogP contribution is 2.30. The number of hydrazine groups is 1. The van der Waals surface area contributed by atoms with E-state index in [0.29, 0.717) is 30.3 Å². The largest absolute Gasteiger partial charge is 0.486 e. The van der Waals surface area contributed by atoms with Crippen LogP contribution in [0.2, 0.25) is 0 Å². The van der Waals surface area contributed by atoms with Crippen LogP contribution in [0.3, 0.4) is 0 Å². The maximum atomic E-state index is 12.1. The molecule has 0 saturated carbocycles. The van der Waals surface area contributed by atoms with E-state index in [0.717, 1.165) is 5.56 Å². The number of hydrogen-bond donors (Lipinski definition) is 2. The van der Waals surface area contributed by atoms with E-state index in [1.54, 1.807) is 18.2 Å². The quantitative estimate of drug-likeness (QED) is 0.841. The van der Waals surface area contributed by atoms with Gasteiger partial charge in [-0.05, 0) is 23.8 Å². The summed E-state index contributed by atoms with van der Waals surface area (Å²) in [6, 6.07) is 14.2. The van der Waals surface area contributed by atoms with Crippen LogP contribution in [-0.4, -0.2) is 25.0 Å². The predicted molar refractivity (Wildman–Crippen MR) is 83.2 cm³/mol. The van der Waals surface area contributed by atoms with Gasteiger partial charge in [0.25, 0.3) is 5.91 Å². The van der Waals surface area contributed by atoms with Crippen LogP contribution in [0.4, 0.5) is 0 Å². The normalized spacial score (nSPS) is 12.3. The zero-order chi connectivity index (χ0) is 16.1. The summed E-state index contributed by atoms with van der Waals surface area (Å²) in [5.74, 6) is 0.436. The molecule has 6 heteroatoms. The minimum atomic E-state index is -0.414. The molecule has 118 valence electrons. The Morgan fingerprint density at radius 1 is 0.913 bits per heavy atom. The van der Waals surface area contributed by atoms with Gasteiger partial charge in [-0.15, -0.1) is 0 Å². The first-order valence-electron chi connectivity index (χ1n) is 7.25. The van der Waals surface area contributed by atoms with E-state index in [-0.39, 0.29) is 12.3 Å². The summed E-state index contributed by atoms with van der Waals surface area (Å²) in [7, 11) is 0. The minimum absolute atomic E-state index is 0.197. The van der Waals surface area contributed by atoms with Crippen molar-refractivity contribution in [2.75, 3.05) is 13.2 Å². The average molecular weight is 312 g/mol. The van der Waals surface area contributed by atoms with Gasteiger partial charge in [0, 0.05) is 5.56 Å². The molecular formula is C17H16N2O4. The van der Waals surface area contributed by atoms with E-state index >= 15 is 0 Å². The SMILES string of the molecule is O=C(Cc1ccccc1)NNC(=O)c1ccc2c(c1)OCCO2. The Kier molecular flexibility index (Phi) is 4.42. The molecule has 1 aliphatic rings. The smallest absolute Gasteiger partial charge is 0.269 e. The predicted octanol–water partition coefficient (Wildman–Crippen LogP) is 1.46. The minimum Gasteiger partial charge on any atom is -0.486 e. The zero-order valence-electron chi connectivity index (χ0n) is 12.4. The van der Waals surface area contributed by atoms with Crippen LogP contribution >= 0.6 is 0 Å². The molecule has 0 unspecified atom stereocenters. The molecule has 2 amide bonds. The van der Waals surface area contributed by atoms with Crippen LogP contribution in [0, 0.1) is 0 Å². The number of carbonyl (C=O) groups is 2. The van der Waals surface area contributed by atoms with Crippen molar-refractivity contribution in [1.29, 1.82) is 0 Å². The molecule has 23 heavy (non-hydrogen) atoms. The maximum Gasteiger partial charge on any atom is 0.269 e. The van der Waals surface area contributed by atoms with Gasteiger partial charge in [0.05, 0.1) is 6.42 Å². The van der Waals surface area contributed by atoms with Crippen LogP contribution in [0.25, 0.3) is 0 Å². The first-order valence-corrected chi connectivity index (χ1v) is 7.25. The van der Waals surface area contributed by atoms with Crippen molar-refractivity contribution in [2.45, 2.75) is 6.42 Å². The second-order valence-corrected chi connectivity index (χ2v) is 5.02. The lowest BCUT2D eigenvalue weighted by molar-refractivity contribution is -0.121. The van der Waals surface area contributed by atoms with Crippen molar-refractivity contribution in [1.82, 2.24) is 10.9 Å². The van der Waals surface area contributed by atoms with Gasteiger partial charge >= 0.3 is 0 Å². The molecule has 0 aromatic heterocycles. The van der Waals surface area contributed by atoms with E-state index < -0.39 is 5.91 Å². The van der Waals surface area contributed by atoms with E-state index in [9.17, 15) is 9.59 Å². The van der Waals surface area contributed by atoms with Gasteiger partial charge in [-0.3, -0.25) is 20.4 Å². The van der Waals surface area contributed by atoms with Crippen LogP contribution < -0.4 is 20.3 Å². The summed E-state index contributed by atoms with van der Waals surface area (Å²) in [6.45, 7) is 0.944. The number of ether oxygens (including phenoxy) is 2. The highest BCUT2D eigenvalue weighted by molar-refractivity contribution is 5.96. The Morgan fingerprint density at radius 3 is 2.43 bits per heavy atom. The van der Waals surface area contributed by atoms with Crippen molar-refractivity contribution in [3.05, 3.63) is 59.7 Å². The van der Waals surface area contributed by atoms with E-state index in [2.05, 4.69) is 10.9 Å². The molecule has 1 aliphatic heterocycles. The van der Waals surface area contributed by atoms with Gasteiger partial charge in [-0.1, -0.05) is 30.3 Å². The Hall–Kier alpha value is -3.02. The summed E-state index contributed by atoms with van der Waals surface area (Å²) in [5, 5.41) is 0. The summed E-state index contributed by atoms with van der Waals surface area (Å²) >= 11 is 0. The van der Waals surface area contributed by atoms with E-state index in [1.165, 1.54) is 0 Å². The Bertz CT molecular complexity index is 716. The third-order valence-corrected chi connectivity index (χ3v) is 3.33. The van der Waals surface area contributed by atoms with E-state index in [4.69, 9.17) is 9.47 Å². The lowest BCUT2D eigenvalue weighted by Gasteiger charge is -2.18. The molecule has 0 bridgehead atoms. The fourth-order valence-electron chi connectivity index (χ4n) is 2.21. The Morgan fingerprint density at radius 2 is 1.65 bits per heavy atom. The number of carbonyl (C=O) groups excluding carboxylic acids is 2. The summed E-state index contributed by atoms with van der Waals surface area (Å²) in [6.07, 6.45) is 0.197. The molecule has 0 fully saturated rings. The molecule has 1 heterocycles. The maximum absolute atomic E-state index is 12.1. The Labute approximate surface area is 133 Å². The van der Waals surface area contributed by atoms with Gasteiger partial charge in [0.15, 0.2) is 11.5 Å². The molecule has 0 aliphatic carbocycles. The first-order chi connectivity index (χ1) is 11.2. The zero-order valence-corrected chi connectivity index (χ0v) is 12.4. The van der Waals surface area contributed by atoms with Gasteiger partial charge in [-0.25, -0.2) is 0 Å². The van der Waals surface area contributed by atoms with Gasteiger partial charge < -0.3 is 9.47 Å². The van der Waals surface area contributed by atoms with Crippen LogP contribution in [0.1, 0.15) is 15.9 Å². The standard InChI is InChI=1S/C17H16N2O4/c20-16(10-12-4-2-1-3-5-12)18-19-17(21)13-6-7-14-15(11-13)23-9-8-22-14/h1-7,11H,8-10H2,(H,18,20)(H,19,21). The van der Waals surface area contributed by atoms with Crippen molar-refractivity contribution in [2.24, 2.45) is 0 Å². The second-order valence-electron chi connectivity index (χ2n) is 5.02. The fraction of sp³-hybridized carbons (Fsp3) is 0.176. The number of fused-ring (bicyclic) bond motifs is 1. The van der Waals surface area contributed by atoms with Crippen molar-refractivity contribution < 1.29 is 19.1 Å².